The van der Waals surface area contributed by atoms with E-state index in [0.29, 0.717) is 45.1 Å². The first-order valence-electron chi connectivity index (χ1n) is 9.03. The lowest BCUT2D eigenvalue weighted by molar-refractivity contribution is -0.138. The van der Waals surface area contributed by atoms with Gasteiger partial charge in [-0.05, 0) is 17.7 Å². The van der Waals surface area contributed by atoms with E-state index in [0.717, 1.165) is 0 Å². The van der Waals surface area contributed by atoms with Crippen molar-refractivity contribution in [2.45, 2.75) is 25.1 Å². The van der Waals surface area contributed by atoms with Crippen molar-refractivity contribution in [3.05, 3.63) is 29.3 Å². The van der Waals surface area contributed by atoms with Gasteiger partial charge in [0.2, 0.25) is 0 Å². The van der Waals surface area contributed by atoms with E-state index < -0.39 is 29.8 Å². The number of rotatable bonds is 3. The molecule has 0 aliphatic carbocycles. The third-order valence-corrected chi connectivity index (χ3v) is 5.32. The summed E-state index contributed by atoms with van der Waals surface area (Å²) >= 11 is 0. The first-order valence-corrected chi connectivity index (χ1v) is 9.03. The minimum atomic E-state index is -4.51. The molecule has 0 bridgehead atoms. The fraction of sp³-hybridized carbons (Fsp3) is 0.611. The monoisotopic (exact) mass is 387 g/mol. The van der Waals surface area contributed by atoms with Crippen molar-refractivity contribution in [1.29, 1.82) is 0 Å². The molecule has 2 saturated heterocycles. The van der Waals surface area contributed by atoms with Crippen molar-refractivity contribution in [2.75, 3.05) is 50.8 Å². The van der Waals surface area contributed by atoms with Crippen LogP contribution in [0.3, 0.4) is 0 Å². The van der Waals surface area contributed by atoms with Gasteiger partial charge in [-0.2, -0.15) is 13.2 Å². The Labute approximate surface area is 155 Å². The first kappa shape index (κ1) is 19.8. The van der Waals surface area contributed by atoms with E-state index in [1.807, 2.05) is 4.90 Å². The van der Waals surface area contributed by atoms with Gasteiger partial charge in [-0.3, -0.25) is 0 Å². The van der Waals surface area contributed by atoms with E-state index >= 15 is 0 Å². The van der Waals surface area contributed by atoms with Gasteiger partial charge in [0.1, 0.15) is 0 Å². The summed E-state index contributed by atoms with van der Waals surface area (Å²) < 4.78 is 46.6. The van der Waals surface area contributed by atoms with Crippen LogP contribution in [0.2, 0.25) is 0 Å². The second-order valence-electron chi connectivity index (χ2n) is 6.90. The molecule has 1 amide bonds. The van der Waals surface area contributed by atoms with E-state index in [1.54, 1.807) is 13.0 Å². The normalized spacial score (nSPS) is 22.6. The van der Waals surface area contributed by atoms with Crippen LogP contribution < -0.4 is 10.2 Å². The van der Waals surface area contributed by atoms with Gasteiger partial charge in [-0.25, -0.2) is 4.79 Å². The fourth-order valence-electron chi connectivity index (χ4n) is 3.82. The van der Waals surface area contributed by atoms with Crippen LogP contribution in [0.15, 0.2) is 18.2 Å². The van der Waals surface area contributed by atoms with Crippen LogP contribution in [0.4, 0.5) is 23.7 Å². The standard InChI is InChI=1S/C18H24F3N3O3/c1-12(16-11-22-4-5-24(16)17(25)26)14-3-2-13(10-15(14)18(19,20)21)23-6-8-27-9-7-23/h2-3,10,12,16,22H,4-9,11H2,1H3,(H,25,26)/t12?,16-/m1/s1. The van der Waals surface area contributed by atoms with E-state index in [-0.39, 0.29) is 12.1 Å². The van der Waals surface area contributed by atoms with Gasteiger partial charge >= 0.3 is 12.3 Å². The number of piperazine rings is 1. The molecule has 1 aromatic carbocycles. The summed E-state index contributed by atoms with van der Waals surface area (Å²) in [5, 5.41) is 12.5. The molecule has 0 spiro atoms. The number of hydrogen-bond donors (Lipinski definition) is 2. The number of carboxylic acid groups (broad SMARTS) is 1. The molecule has 2 fully saturated rings. The predicted molar refractivity (Wildman–Crippen MR) is 94.3 cm³/mol. The maximum Gasteiger partial charge on any atom is 0.416 e. The van der Waals surface area contributed by atoms with Crippen molar-refractivity contribution < 1.29 is 27.8 Å². The number of morpholine rings is 1. The molecule has 1 unspecified atom stereocenters. The second-order valence-corrected chi connectivity index (χ2v) is 6.90. The Morgan fingerprint density at radius 2 is 2.00 bits per heavy atom. The van der Waals surface area contributed by atoms with Crippen LogP contribution in [0, 0.1) is 0 Å². The van der Waals surface area contributed by atoms with Gasteiger partial charge < -0.3 is 25.0 Å². The summed E-state index contributed by atoms with van der Waals surface area (Å²) in [6.07, 6.45) is -5.62. The third kappa shape index (κ3) is 4.30. The number of hydrogen-bond acceptors (Lipinski definition) is 4. The summed E-state index contributed by atoms with van der Waals surface area (Å²) in [6.45, 7) is 4.82. The smallest absolute Gasteiger partial charge is 0.416 e. The Balaban J connectivity index is 1.94. The molecule has 0 aromatic heterocycles. The zero-order valence-electron chi connectivity index (χ0n) is 15.1. The van der Waals surface area contributed by atoms with Gasteiger partial charge in [-0.1, -0.05) is 13.0 Å². The van der Waals surface area contributed by atoms with Crippen molar-refractivity contribution in [1.82, 2.24) is 10.2 Å². The highest BCUT2D eigenvalue weighted by Gasteiger charge is 2.39. The number of amides is 1. The minimum Gasteiger partial charge on any atom is -0.465 e. The highest BCUT2D eigenvalue weighted by atomic mass is 19.4. The Morgan fingerprint density at radius 1 is 1.30 bits per heavy atom. The Kier molecular flexibility index (Phi) is 5.81. The molecular formula is C18H24F3N3O3. The molecule has 150 valence electrons. The number of carbonyl (C=O) groups is 1. The quantitative estimate of drug-likeness (QED) is 0.835. The lowest BCUT2D eigenvalue weighted by Crippen LogP contribution is -2.55. The average Bonchev–Trinajstić information content (AvgIpc) is 2.67. The molecule has 0 saturated carbocycles. The molecular weight excluding hydrogens is 363 g/mol. The van der Waals surface area contributed by atoms with Crippen LogP contribution in [0.5, 0.6) is 0 Å². The Bertz CT molecular complexity index is 678. The van der Waals surface area contributed by atoms with Crippen LogP contribution in [0.25, 0.3) is 0 Å². The van der Waals surface area contributed by atoms with E-state index in [1.165, 1.54) is 17.0 Å². The molecule has 2 N–H and O–H groups in total. The first-order chi connectivity index (χ1) is 12.8. The van der Waals surface area contributed by atoms with Crippen LogP contribution in [-0.2, 0) is 10.9 Å². The van der Waals surface area contributed by atoms with Crippen molar-refractivity contribution in [3.63, 3.8) is 0 Å². The summed E-state index contributed by atoms with van der Waals surface area (Å²) in [7, 11) is 0. The van der Waals surface area contributed by atoms with E-state index in [2.05, 4.69) is 5.32 Å². The molecule has 6 nitrogen and oxygen atoms in total. The zero-order valence-corrected chi connectivity index (χ0v) is 15.1. The number of alkyl halides is 3. The van der Waals surface area contributed by atoms with Crippen LogP contribution >= 0.6 is 0 Å². The largest absolute Gasteiger partial charge is 0.465 e. The summed E-state index contributed by atoms with van der Waals surface area (Å²) in [4.78, 5) is 14.6. The van der Waals surface area contributed by atoms with E-state index in [9.17, 15) is 23.1 Å². The van der Waals surface area contributed by atoms with Crippen LogP contribution in [0.1, 0.15) is 24.0 Å². The topological polar surface area (TPSA) is 65.0 Å². The van der Waals surface area contributed by atoms with Crippen molar-refractivity contribution in [2.24, 2.45) is 0 Å². The minimum absolute atomic E-state index is 0.124. The van der Waals surface area contributed by atoms with Gasteiger partial charge in [0.15, 0.2) is 0 Å². The summed E-state index contributed by atoms with van der Waals surface area (Å²) in [6, 6.07) is 3.81. The number of halogens is 3. The summed E-state index contributed by atoms with van der Waals surface area (Å²) in [5.41, 5.74) is -0.0622. The van der Waals surface area contributed by atoms with Gasteiger partial charge in [-0.15, -0.1) is 0 Å². The predicted octanol–water partition coefficient (Wildman–Crippen LogP) is 2.60. The maximum absolute atomic E-state index is 13.8. The average molecular weight is 387 g/mol. The zero-order chi connectivity index (χ0) is 19.6. The highest BCUT2D eigenvalue weighted by molar-refractivity contribution is 5.66. The number of ether oxygens (including phenoxy) is 1. The van der Waals surface area contributed by atoms with Gasteiger partial charge in [0, 0.05) is 44.3 Å². The number of anilines is 1. The molecule has 2 atom stereocenters. The molecule has 2 aliphatic heterocycles. The molecule has 0 radical (unpaired) electrons. The van der Waals surface area contributed by atoms with Crippen molar-refractivity contribution in [3.8, 4) is 0 Å². The second kappa shape index (κ2) is 7.93. The van der Waals surface area contributed by atoms with E-state index in [4.69, 9.17) is 4.74 Å². The number of benzene rings is 1. The molecule has 2 aliphatic rings. The Morgan fingerprint density at radius 3 is 2.63 bits per heavy atom. The molecule has 1 aromatic rings. The lowest BCUT2D eigenvalue weighted by Gasteiger charge is -2.39. The molecule has 3 rings (SSSR count). The van der Waals surface area contributed by atoms with Crippen molar-refractivity contribution >= 4 is 11.8 Å². The highest BCUT2D eigenvalue weighted by Crippen LogP contribution is 2.39. The SMILES string of the molecule is CC(c1ccc(N2CCOCC2)cc1C(F)(F)F)[C@H]1CNCCN1C(=O)O. The van der Waals surface area contributed by atoms with Crippen LogP contribution in [-0.4, -0.2) is 68.1 Å². The lowest BCUT2D eigenvalue weighted by atomic mass is 9.87. The van der Waals surface area contributed by atoms with Gasteiger partial charge in [0.25, 0.3) is 0 Å². The number of nitrogens with one attached hydrogen (secondary N) is 1. The molecule has 9 heteroatoms. The molecule has 2 heterocycles. The molecule has 27 heavy (non-hydrogen) atoms. The van der Waals surface area contributed by atoms with Gasteiger partial charge in [0.05, 0.1) is 24.8 Å². The number of nitrogens with zero attached hydrogens (tertiary/aromatic N) is 2. The summed E-state index contributed by atoms with van der Waals surface area (Å²) in [5.74, 6) is -0.593. The Hall–Kier alpha value is -2.00. The fourth-order valence-corrected chi connectivity index (χ4v) is 3.82. The third-order valence-electron chi connectivity index (χ3n) is 5.32. The maximum atomic E-state index is 13.8.